The van der Waals surface area contributed by atoms with Crippen molar-refractivity contribution >= 4 is 17.8 Å². The number of likely N-dealkylation sites (N-methyl/N-ethyl adjacent to an activating group) is 1. The Morgan fingerprint density at radius 3 is 2.33 bits per heavy atom. The highest BCUT2D eigenvalue weighted by Crippen LogP contribution is 2.29. The monoisotopic (exact) mass is 259 g/mol. The van der Waals surface area contributed by atoms with Gasteiger partial charge in [-0.05, 0) is 12.1 Å². The molecular formula is C10H8F3N3O2. The van der Waals surface area contributed by atoms with Crippen LogP contribution in [0.25, 0.3) is 0 Å². The molecule has 18 heavy (non-hydrogen) atoms. The van der Waals surface area contributed by atoms with Crippen LogP contribution in [0.1, 0.15) is 5.56 Å². The molecule has 2 heterocycles. The number of carbonyl (C=O) groups excluding carboxylic acids is 2. The third-order valence-corrected chi connectivity index (χ3v) is 2.44. The molecule has 1 aliphatic heterocycles. The number of pyridine rings is 1. The first-order valence-electron chi connectivity index (χ1n) is 4.92. The van der Waals surface area contributed by atoms with Gasteiger partial charge in [0.1, 0.15) is 12.4 Å². The Labute approximate surface area is 99.8 Å². The van der Waals surface area contributed by atoms with Gasteiger partial charge in [0.05, 0.1) is 5.56 Å². The molecule has 0 aromatic carbocycles. The Hall–Kier alpha value is -2.12. The van der Waals surface area contributed by atoms with Crippen LogP contribution in [0.5, 0.6) is 0 Å². The van der Waals surface area contributed by atoms with Crippen molar-refractivity contribution in [1.29, 1.82) is 0 Å². The highest BCUT2D eigenvalue weighted by Gasteiger charge is 2.36. The van der Waals surface area contributed by atoms with Gasteiger partial charge in [0, 0.05) is 13.2 Å². The normalized spacial score (nSPS) is 16.7. The maximum absolute atomic E-state index is 12.3. The van der Waals surface area contributed by atoms with Gasteiger partial charge >= 0.3 is 12.2 Å². The molecule has 1 saturated heterocycles. The summed E-state index contributed by atoms with van der Waals surface area (Å²) < 4.78 is 36.9. The number of amides is 3. The molecule has 8 heteroatoms. The lowest BCUT2D eigenvalue weighted by atomic mass is 10.3. The van der Waals surface area contributed by atoms with Crippen molar-refractivity contribution in [3.63, 3.8) is 0 Å². The predicted octanol–water partition coefficient (Wildman–Crippen LogP) is 1.50. The molecule has 96 valence electrons. The summed E-state index contributed by atoms with van der Waals surface area (Å²) in [5.74, 6) is -0.628. The quantitative estimate of drug-likeness (QED) is 0.718. The van der Waals surface area contributed by atoms with Crippen LogP contribution in [0.4, 0.5) is 23.8 Å². The number of hydrogen-bond donors (Lipinski definition) is 0. The number of urea groups is 1. The molecule has 1 aromatic heterocycles. The van der Waals surface area contributed by atoms with Crippen LogP contribution in [0.3, 0.4) is 0 Å². The van der Waals surface area contributed by atoms with Gasteiger partial charge in [0.15, 0.2) is 0 Å². The first-order valence-corrected chi connectivity index (χ1v) is 4.92. The standard InChI is InChI=1S/C10H8F3N3O2/c1-15-5-8(17)16(9(15)18)7-3-2-6(4-14-7)10(11,12)13/h2-4H,5H2,1H3. The SMILES string of the molecule is CN1CC(=O)N(c2ccc(C(F)(F)F)cn2)C1=O. The minimum atomic E-state index is -4.50. The van der Waals surface area contributed by atoms with Crippen molar-refractivity contribution in [3.8, 4) is 0 Å². The maximum atomic E-state index is 12.3. The van der Waals surface area contributed by atoms with Gasteiger partial charge in [-0.2, -0.15) is 13.2 Å². The molecule has 0 radical (unpaired) electrons. The highest BCUT2D eigenvalue weighted by molar-refractivity contribution is 6.19. The van der Waals surface area contributed by atoms with Gasteiger partial charge < -0.3 is 4.90 Å². The molecule has 0 aliphatic carbocycles. The van der Waals surface area contributed by atoms with Gasteiger partial charge in [-0.25, -0.2) is 14.7 Å². The number of imide groups is 1. The summed E-state index contributed by atoms with van der Waals surface area (Å²) in [5, 5.41) is 0. The predicted molar refractivity (Wildman–Crippen MR) is 54.8 cm³/mol. The van der Waals surface area contributed by atoms with Crippen molar-refractivity contribution in [3.05, 3.63) is 23.9 Å². The van der Waals surface area contributed by atoms with Gasteiger partial charge in [-0.1, -0.05) is 0 Å². The van der Waals surface area contributed by atoms with Crippen molar-refractivity contribution < 1.29 is 22.8 Å². The lowest BCUT2D eigenvalue weighted by molar-refractivity contribution is -0.137. The number of alkyl halides is 3. The lowest BCUT2D eigenvalue weighted by Gasteiger charge is -2.13. The second-order valence-corrected chi connectivity index (χ2v) is 3.77. The van der Waals surface area contributed by atoms with E-state index >= 15 is 0 Å². The summed E-state index contributed by atoms with van der Waals surface area (Å²) in [6, 6.07) is 1.17. The van der Waals surface area contributed by atoms with Crippen molar-refractivity contribution in [2.75, 3.05) is 18.5 Å². The number of nitrogens with zero attached hydrogens (tertiary/aromatic N) is 3. The van der Waals surface area contributed by atoms with E-state index in [1.165, 1.54) is 7.05 Å². The van der Waals surface area contributed by atoms with Gasteiger partial charge in [0.25, 0.3) is 5.91 Å². The van der Waals surface area contributed by atoms with Crippen LogP contribution in [0.2, 0.25) is 0 Å². The van der Waals surface area contributed by atoms with Crippen LogP contribution in [0.15, 0.2) is 18.3 Å². The zero-order chi connectivity index (χ0) is 13.5. The first kappa shape index (κ1) is 12.3. The number of aromatic nitrogens is 1. The number of carbonyl (C=O) groups is 2. The molecule has 0 spiro atoms. The Morgan fingerprint density at radius 2 is 1.94 bits per heavy atom. The second kappa shape index (κ2) is 3.97. The van der Waals surface area contributed by atoms with E-state index in [0.717, 1.165) is 21.9 Å². The first-order chi connectivity index (χ1) is 8.30. The lowest BCUT2D eigenvalue weighted by Crippen LogP contribution is -2.32. The summed E-state index contributed by atoms with van der Waals surface area (Å²) in [6.07, 6.45) is -3.91. The molecule has 3 amide bonds. The molecule has 0 unspecified atom stereocenters. The zero-order valence-electron chi connectivity index (χ0n) is 9.23. The summed E-state index contributed by atoms with van der Waals surface area (Å²) in [5.41, 5.74) is -0.932. The van der Waals surface area contributed by atoms with Crippen LogP contribution in [0, 0.1) is 0 Å². The zero-order valence-corrected chi connectivity index (χ0v) is 9.23. The van der Waals surface area contributed by atoms with E-state index in [0.29, 0.717) is 6.20 Å². The minimum absolute atomic E-state index is 0.109. The summed E-state index contributed by atoms with van der Waals surface area (Å²) >= 11 is 0. The van der Waals surface area contributed by atoms with Gasteiger partial charge in [0.2, 0.25) is 0 Å². The maximum Gasteiger partial charge on any atom is 0.417 e. The molecule has 2 rings (SSSR count). The van der Waals surface area contributed by atoms with E-state index in [9.17, 15) is 22.8 Å². The molecule has 0 saturated carbocycles. The number of rotatable bonds is 1. The average molecular weight is 259 g/mol. The topological polar surface area (TPSA) is 53.5 Å². The van der Waals surface area contributed by atoms with Crippen molar-refractivity contribution in [1.82, 2.24) is 9.88 Å². The third-order valence-electron chi connectivity index (χ3n) is 2.44. The molecule has 1 aliphatic rings. The van der Waals surface area contributed by atoms with Crippen LogP contribution >= 0.6 is 0 Å². The molecule has 0 N–H and O–H groups in total. The molecule has 5 nitrogen and oxygen atoms in total. The van der Waals surface area contributed by atoms with Crippen molar-refractivity contribution in [2.24, 2.45) is 0 Å². The summed E-state index contributed by atoms with van der Waals surface area (Å²) in [6.45, 7) is -0.110. The van der Waals surface area contributed by atoms with E-state index in [1.54, 1.807) is 0 Å². The Bertz CT molecular complexity index is 498. The molecular weight excluding hydrogens is 251 g/mol. The number of halogens is 3. The third kappa shape index (κ3) is 2.01. The fourth-order valence-corrected chi connectivity index (χ4v) is 1.53. The van der Waals surface area contributed by atoms with E-state index < -0.39 is 23.7 Å². The second-order valence-electron chi connectivity index (χ2n) is 3.77. The van der Waals surface area contributed by atoms with E-state index in [1.807, 2.05) is 0 Å². The Morgan fingerprint density at radius 1 is 1.28 bits per heavy atom. The van der Waals surface area contributed by atoms with E-state index in [4.69, 9.17) is 0 Å². The van der Waals surface area contributed by atoms with Crippen LogP contribution in [-0.4, -0.2) is 35.4 Å². The largest absolute Gasteiger partial charge is 0.417 e. The summed E-state index contributed by atoms with van der Waals surface area (Å²) in [4.78, 5) is 28.5. The smallest absolute Gasteiger partial charge is 0.318 e. The Balaban J connectivity index is 2.31. The van der Waals surface area contributed by atoms with Crippen LogP contribution < -0.4 is 4.90 Å². The number of hydrogen-bond acceptors (Lipinski definition) is 3. The molecule has 1 fully saturated rings. The molecule has 1 aromatic rings. The highest BCUT2D eigenvalue weighted by atomic mass is 19.4. The van der Waals surface area contributed by atoms with E-state index in [-0.39, 0.29) is 12.4 Å². The number of anilines is 1. The fourth-order valence-electron chi connectivity index (χ4n) is 1.53. The summed E-state index contributed by atoms with van der Waals surface area (Å²) in [7, 11) is 1.42. The Kier molecular flexibility index (Phi) is 2.72. The van der Waals surface area contributed by atoms with Crippen molar-refractivity contribution in [2.45, 2.75) is 6.18 Å². The van der Waals surface area contributed by atoms with E-state index in [2.05, 4.69) is 4.98 Å². The van der Waals surface area contributed by atoms with Gasteiger partial charge in [-0.3, -0.25) is 4.79 Å². The fraction of sp³-hybridized carbons (Fsp3) is 0.300. The average Bonchev–Trinajstić information content (AvgIpc) is 2.52. The molecule has 0 atom stereocenters. The minimum Gasteiger partial charge on any atom is -0.318 e. The van der Waals surface area contributed by atoms with Crippen LogP contribution in [-0.2, 0) is 11.0 Å². The van der Waals surface area contributed by atoms with Gasteiger partial charge in [-0.15, -0.1) is 0 Å². The molecule has 0 bridgehead atoms.